The number of carbonyl (C=O) groups is 2. The van der Waals surface area contributed by atoms with Crippen molar-refractivity contribution < 1.29 is 23.5 Å². The zero-order valence-electron chi connectivity index (χ0n) is 23.5. The van der Waals surface area contributed by atoms with Gasteiger partial charge < -0.3 is 13.9 Å². The third-order valence-corrected chi connectivity index (χ3v) is 11.7. The third kappa shape index (κ3) is 9.04. The van der Waals surface area contributed by atoms with Gasteiger partial charge in [0.2, 0.25) is 0 Å². The average Bonchev–Trinajstić information content (AvgIpc) is 3.06. The average molecular weight is 515 g/mol. The molecule has 6 heteroatoms. The quantitative estimate of drug-likeness (QED) is 0.126. The molecule has 1 aliphatic rings. The zero-order valence-corrected chi connectivity index (χ0v) is 24.5. The van der Waals surface area contributed by atoms with Crippen LogP contribution < -0.4 is 4.74 Å². The lowest BCUT2D eigenvalue weighted by Crippen LogP contribution is -2.45. The standard InChI is InChI=1S/C30H46O5Si/c1-22(2)34-29(32)17-12-10-9-11-16-25-26(19-18-23-14-13-15-24(20-23)33-6)28(21-27(25)31)35-36(7,8)30(3,4)5/h9,11,13-15,18-20,22,25-26,28H,10,12,16-17,21H2,1-8H3/t25-,26+,28-/m1/s1. The summed E-state index contributed by atoms with van der Waals surface area (Å²) in [4.78, 5) is 24.9. The van der Waals surface area contributed by atoms with Gasteiger partial charge in [-0.3, -0.25) is 9.59 Å². The molecule has 5 nitrogen and oxygen atoms in total. The van der Waals surface area contributed by atoms with Crippen LogP contribution in [0.4, 0.5) is 0 Å². The van der Waals surface area contributed by atoms with Gasteiger partial charge in [0.05, 0.1) is 19.3 Å². The number of ether oxygens (including phenoxy) is 2. The van der Waals surface area contributed by atoms with Gasteiger partial charge in [0.15, 0.2) is 8.32 Å². The Morgan fingerprint density at radius 1 is 1.19 bits per heavy atom. The van der Waals surface area contributed by atoms with Gasteiger partial charge in [-0.1, -0.05) is 57.2 Å². The molecule has 0 aromatic heterocycles. The molecule has 0 bridgehead atoms. The lowest BCUT2D eigenvalue weighted by atomic mass is 9.90. The first-order valence-electron chi connectivity index (χ1n) is 13.2. The van der Waals surface area contributed by atoms with Crippen LogP contribution in [0.15, 0.2) is 42.5 Å². The second-order valence-electron chi connectivity index (χ2n) is 11.5. The highest BCUT2D eigenvalue weighted by atomic mass is 28.4. The van der Waals surface area contributed by atoms with E-state index in [0.29, 0.717) is 19.3 Å². The number of rotatable bonds is 12. The number of Topliss-reactive ketones (excluding diaryl/α,β-unsaturated/α-hetero) is 1. The smallest absolute Gasteiger partial charge is 0.306 e. The Labute approximate surface area is 219 Å². The summed E-state index contributed by atoms with van der Waals surface area (Å²) >= 11 is 0. The summed E-state index contributed by atoms with van der Waals surface area (Å²) in [6, 6.07) is 7.93. The van der Waals surface area contributed by atoms with E-state index in [1.165, 1.54) is 0 Å². The van der Waals surface area contributed by atoms with Crippen molar-refractivity contribution >= 4 is 26.1 Å². The van der Waals surface area contributed by atoms with Crippen LogP contribution in [0, 0.1) is 11.8 Å². The summed E-state index contributed by atoms with van der Waals surface area (Å²) < 4.78 is 17.3. The van der Waals surface area contributed by atoms with E-state index in [4.69, 9.17) is 13.9 Å². The molecular weight excluding hydrogens is 468 g/mol. The maximum Gasteiger partial charge on any atom is 0.306 e. The van der Waals surface area contributed by atoms with E-state index in [1.807, 2.05) is 38.1 Å². The first-order valence-corrected chi connectivity index (χ1v) is 16.1. The Hall–Kier alpha value is -2.18. The van der Waals surface area contributed by atoms with Crippen LogP contribution in [0.3, 0.4) is 0 Å². The third-order valence-electron chi connectivity index (χ3n) is 7.24. The molecule has 0 aliphatic heterocycles. The number of ketones is 1. The van der Waals surface area contributed by atoms with Crippen LogP contribution in [0.2, 0.25) is 18.1 Å². The van der Waals surface area contributed by atoms with Crippen molar-refractivity contribution in [2.45, 2.75) is 97.1 Å². The molecule has 0 heterocycles. The molecule has 0 amide bonds. The summed E-state index contributed by atoms with van der Waals surface area (Å²) in [6.45, 7) is 14.9. The van der Waals surface area contributed by atoms with E-state index in [1.54, 1.807) is 7.11 Å². The van der Waals surface area contributed by atoms with Crippen LogP contribution >= 0.6 is 0 Å². The molecule has 0 radical (unpaired) electrons. The predicted molar refractivity (Wildman–Crippen MR) is 150 cm³/mol. The fourth-order valence-corrected chi connectivity index (χ4v) is 5.55. The zero-order chi connectivity index (χ0) is 26.9. The Kier molecular flexibility index (Phi) is 11.2. The lowest BCUT2D eigenvalue weighted by molar-refractivity contribution is -0.147. The first kappa shape index (κ1) is 30.0. The molecule has 200 valence electrons. The Balaban J connectivity index is 2.12. The number of benzene rings is 1. The number of allylic oxidation sites excluding steroid dienone is 2. The highest BCUT2D eigenvalue weighted by Gasteiger charge is 2.46. The SMILES string of the molecule is COc1cccc(C=C[C@@H]2[C@H](O[Si](C)(C)C(C)(C)C)CC(=O)[C@@H]2CC=CCCCC(=O)OC(C)C)c1. The molecule has 1 aliphatic carbocycles. The molecule has 1 fully saturated rings. The van der Waals surface area contributed by atoms with Crippen LogP contribution in [0.5, 0.6) is 5.75 Å². The molecule has 3 atom stereocenters. The summed E-state index contributed by atoms with van der Waals surface area (Å²) in [6.07, 6.45) is 11.3. The minimum absolute atomic E-state index is 0.0171. The minimum atomic E-state index is -2.03. The van der Waals surface area contributed by atoms with E-state index >= 15 is 0 Å². The van der Waals surface area contributed by atoms with E-state index < -0.39 is 8.32 Å². The maximum absolute atomic E-state index is 13.1. The summed E-state index contributed by atoms with van der Waals surface area (Å²) in [7, 11) is -0.370. The van der Waals surface area contributed by atoms with Gasteiger partial charge in [-0.25, -0.2) is 0 Å². The fourth-order valence-electron chi connectivity index (χ4n) is 4.20. The molecule has 0 saturated heterocycles. The van der Waals surface area contributed by atoms with Crippen molar-refractivity contribution in [1.82, 2.24) is 0 Å². The number of hydrogen-bond donors (Lipinski definition) is 0. The lowest BCUT2D eigenvalue weighted by Gasteiger charge is -2.39. The predicted octanol–water partition coefficient (Wildman–Crippen LogP) is 7.37. The Morgan fingerprint density at radius 2 is 1.92 bits per heavy atom. The number of unbranched alkanes of at least 4 members (excludes halogenated alkanes) is 1. The molecule has 36 heavy (non-hydrogen) atoms. The maximum atomic E-state index is 13.1. The molecule has 0 spiro atoms. The normalized spacial score (nSPS) is 21.1. The first-order chi connectivity index (χ1) is 16.8. The van der Waals surface area contributed by atoms with Gasteiger partial charge in [0, 0.05) is 24.7 Å². The van der Waals surface area contributed by atoms with E-state index in [0.717, 1.165) is 24.2 Å². The monoisotopic (exact) mass is 514 g/mol. The van der Waals surface area contributed by atoms with Gasteiger partial charge in [0.25, 0.3) is 0 Å². The minimum Gasteiger partial charge on any atom is -0.497 e. The number of carbonyl (C=O) groups excluding carboxylic acids is 2. The summed E-state index contributed by atoms with van der Waals surface area (Å²) in [5.74, 6) is 0.833. The Morgan fingerprint density at radius 3 is 2.56 bits per heavy atom. The highest BCUT2D eigenvalue weighted by Crippen LogP contribution is 2.43. The summed E-state index contributed by atoms with van der Waals surface area (Å²) in [5, 5.41) is 0.0752. The molecular formula is C30H46O5Si. The van der Waals surface area contributed by atoms with E-state index in [-0.39, 0.29) is 40.8 Å². The molecule has 1 aromatic rings. The van der Waals surface area contributed by atoms with Gasteiger partial charge in [0.1, 0.15) is 11.5 Å². The van der Waals surface area contributed by atoms with Gasteiger partial charge in [-0.15, -0.1) is 0 Å². The number of esters is 1. The van der Waals surface area contributed by atoms with E-state index in [2.05, 4.69) is 58.2 Å². The van der Waals surface area contributed by atoms with Gasteiger partial charge in [-0.2, -0.15) is 0 Å². The van der Waals surface area contributed by atoms with Crippen molar-refractivity contribution in [3.05, 3.63) is 48.1 Å². The topological polar surface area (TPSA) is 61.8 Å². The molecule has 2 rings (SSSR count). The molecule has 1 aromatic carbocycles. The van der Waals surface area contributed by atoms with Gasteiger partial charge >= 0.3 is 5.97 Å². The number of hydrogen-bond acceptors (Lipinski definition) is 5. The van der Waals surface area contributed by atoms with E-state index in [9.17, 15) is 9.59 Å². The summed E-state index contributed by atoms with van der Waals surface area (Å²) in [5.41, 5.74) is 1.04. The van der Waals surface area contributed by atoms with Crippen molar-refractivity contribution in [3.63, 3.8) is 0 Å². The highest BCUT2D eigenvalue weighted by molar-refractivity contribution is 6.74. The van der Waals surface area contributed by atoms with Crippen LogP contribution in [-0.2, 0) is 18.8 Å². The van der Waals surface area contributed by atoms with Gasteiger partial charge in [-0.05, 0) is 68.9 Å². The fraction of sp³-hybridized carbons (Fsp3) is 0.600. The number of methoxy groups -OCH3 is 1. The molecule has 1 saturated carbocycles. The second kappa shape index (κ2) is 13.4. The second-order valence-corrected chi connectivity index (χ2v) is 16.3. The van der Waals surface area contributed by atoms with Crippen LogP contribution in [0.25, 0.3) is 6.08 Å². The van der Waals surface area contributed by atoms with Crippen molar-refractivity contribution in [1.29, 1.82) is 0 Å². The van der Waals surface area contributed by atoms with Crippen molar-refractivity contribution in [2.24, 2.45) is 11.8 Å². The molecule has 0 unspecified atom stereocenters. The van der Waals surface area contributed by atoms with Crippen LogP contribution in [-0.4, -0.2) is 39.4 Å². The van der Waals surface area contributed by atoms with Crippen molar-refractivity contribution in [3.8, 4) is 5.75 Å². The largest absolute Gasteiger partial charge is 0.497 e. The van der Waals surface area contributed by atoms with Crippen LogP contribution in [0.1, 0.15) is 72.3 Å². The molecule has 0 N–H and O–H groups in total. The Bertz CT molecular complexity index is 926. The van der Waals surface area contributed by atoms with Crippen molar-refractivity contribution in [2.75, 3.05) is 7.11 Å².